The molecule has 0 atom stereocenters. The second kappa shape index (κ2) is 2.88. The lowest BCUT2D eigenvalue weighted by Crippen LogP contribution is -2.01. The number of allylic oxidation sites excluding steroid dienone is 1. The fraction of sp³-hybridized carbons (Fsp3) is 0.714. The summed E-state index contributed by atoms with van der Waals surface area (Å²) in [5.74, 6) is 0. The third kappa shape index (κ3) is 5.70. The van der Waals surface area contributed by atoms with E-state index in [1.54, 1.807) is 0 Å². The maximum Gasteiger partial charge on any atom is 0.0107 e. The molecule has 0 unspecified atom stereocenters. The van der Waals surface area contributed by atoms with Gasteiger partial charge in [0.2, 0.25) is 0 Å². The van der Waals surface area contributed by atoms with Crippen molar-refractivity contribution in [3.05, 3.63) is 12.2 Å². The number of rotatable bonds is 1. The summed E-state index contributed by atoms with van der Waals surface area (Å²) < 4.78 is 0. The van der Waals surface area contributed by atoms with Crippen LogP contribution in [0.3, 0.4) is 0 Å². The van der Waals surface area contributed by atoms with Crippen molar-refractivity contribution in [2.24, 2.45) is 11.1 Å². The van der Waals surface area contributed by atoms with Gasteiger partial charge in [0.1, 0.15) is 0 Å². The van der Waals surface area contributed by atoms with Crippen molar-refractivity contribution in [2.45, 2.75) is 20.8 Å². The minimum atomic E-state index is 0.291. The summed E-state index contributed by atoms with van der Waals surface area (Å²) in [6, 6.07) is 0. The Morgan fingerprint density at radius 1 is 1.38 bits per heavy atom. The molecule has 1 nitrogen and oxygen atoms in total. The first-order valence-electron chi connectivity index (χ1n) is 2.94. The fourth-order valence-corrected chi connectivity index (χ4v) is 0.422. The number of hydrogen-bond acceptors (Lipinski definition) is 1. The molecule has 0 saturated heterocycles. The van der Waals surface area contributed by atoms with Crippen molar-refractivity contribution in [1.82, 2.24) is 0 Å². The molecular weight excluding hydrogens is 98.1 g/mol. The van der Waals surface area contributed by atoms with E-state index in [1.807, 2.05) is 6.08 Å². The van der Waals surface area contributed by atoms with Crippen LogP contribution in [0.5, 0.6) is 0 Å². The second-order valence-corrected chi connectivity index (χ2v) is 3.00. The van der Waals surface area contributed by atoms with Crippen molar-refractivity contribution in [2.75, 3.05) is 6.54 Å². The molecule has 0 radical (unpaired) electrons. The monoisotopic (exact) mass is 113 g/mol. The van der Waals surface area contributed by atoms with Crippen LogP contribution in [-0.2, 0) is 0 Å². The highest BCUT2D eigenvalue weighted by atomic mass is 14.5. The van der Waals surface area contributed by atoms with E-state index in [0.29, 0.717) is 12.0 Å². The lowest BCUT2D eigenvalue weighted by Gasteiger charge is -2.10. The highest BCUT2D eigenvalue weighted by molar-refractivity contribution is 4.92. The average molecular weight is 113 g/mol. The molecule has 0 amide bonds. The van der Waals surface area contributed by atoms with Gasteiger partial charge in [0.05, 0.1) is 0 Å². The van der Waals surface area contributed by atoms with Gasteiger partial charge in [-0.2, -0.15) is 0 Å². The van der Waals surface area contributed by atoms with E-state index in [-0.39, 0.29) is 0 Å². The molecular formula is C7H15N. The fourth-order valence-electron chi connectivity index (χ4n) is 0.422. The van der Waals surface area contributed by atoms with E-state index in [2.05, 4.69) is 26.8 Å². The molecule has 0 aromatic carbocycles. The van der Waals surface area contributed by atoms with E-state index in [4.69, 9.17) is 5.73 Å². The quantitative estimate of drug-likeness (QED) is 0.513. The summed E-state index contributed by atoms with van der Waals surface area (Å²) >= 11 is 0. The molecule has 0 spiro atoms. The van der Waals surface area contributed by atoms with Gasteiger partial charge < -0.3 is 5.73 Å². The van der Waals surface area contributed by atoms with Gasteiger partial charge >= 0.3 is 0 Å². The van der Waals surface area contributed by atoms with Gasteiger partial charge in [-0.25, -0.2) is 0 Å². The predicted molar refractivity (Wildman–Crippen MR) is 37.6 cm³/mol. The van der Waals surface area contributed by atoms with Crippen molar-refractivity contribution < 1.29 is 0 Å². The van der Waals surface area contributed by atoms with E-state index in [9.17, 15) is 0 Å². The van der Waals surface area contributed by atoms with Gasteiger partial charge in [-0.15, -0.1) is 0 Å². The zero-order chi connectivity index (χ0) is 6.62. The lowest BCUT2D eigenvalue weighted by molar-refractivity contribution is 0.543. The highest BCUT2D eigenvalue weighted by Gasteiger charge is 2.01. The summed E-state index contributed by atoms with van der Waals surface area (Å²) in [6.45, 7) is 7.11. The Labute approximate surface area is 51.6 Å². The minimum absolute atomic E-state index is 0.291. The molecule has 48 valence electrons. The predicted octanol–water partition coefficient (Wildman–Crippen LogP) is 1.55. The van der Waals surface area contributed by atoms with Crippen LogP contribution in [0, 0.1) is 5.41 Å². The molecule has 0 saturated carbocycles. The van der Waals surface area contributed by atoms with Crippen LogP contribution in [-0.4, -0.2) is 6.54 Å². The molecule has 2 N–H and O–H groups in total. The summed E-state index contributed by atoms with van der Waals surface area (Å²) in [6.07, 6.45) is 4.10. The van der Waals surface area contributed by atoms with Crippen molar-refractivity contribution >= 4 is 0 Å². The van der Waals surface area contributed by atoms with Gasteiger partial charge in [-0.05, 0) is 5.41 Å². The lowest BCUT2D eigenvalue weighted by atomic mass is 9.96. The molecule has 0 aliphatic rings. The number of nitrogens with two attached hydrogens (primary N) is 1. The molecule has 8 heavy (non-hydrogen) atoms. The highest BCUT2D eigenvalue weighted by Crippen LogP contribution is 2.13. The van der Waals surface area contributed by atoms with E-state index >= 15 is 0 Å². The zero-order valence-electron chi connectivity index (χ0n) is 5.94. The van der Waals surface area contributed by atoms with Crippen LogP contribution in [0.4, 0.5) is 0 Å². The number of hydrogen-bond donors (Lipinski definition) is 1. The summed E-state index contributed by atoms with van der Waals surface area (Å²) in [4.78, 5) is 0. The Kier molecular flexibility index (Phi) is 2.77. The third-order valence-corrected chi connectivity index (χ3v) is 0.754. The smallest absolute Gasteiger partial charge is 0.0107 e. The average Bonchev–Trinajstić information content (AvgIpc) is 1.59. The topological polar surface area (TPSA) is 26.0 Å². The van der Waals surface area contributed by atoms with Crippen LogP contribution < -0.4 is 5.73 Å². The third-order valence-electron chi connectivity index (χ3n) is 0.754. The van der Waals surface area contributed by atoms with Gasteiger partial charge in [-0.1, -0.05) is 32.9 Å². The Balaban J connectivity index is 3.52. The van der Waals surface area contributed by atoms with Crippen LogP contribution in [0.2, 0.25) is 0 Å². The minimum Gasteiger partial charge on any atom is -0.327 e. The molecule has 0 rings (SSSR count). The van der Waals surface area contributed by atoms with Crippen LogP contribution >= 0.6 is 0 Å². The molecule has 0 fully saturated rings. The van der Waals surface area contributed by atoms with Crippen LogP contribution in [0.15, 0.2) is 12.2 Å². The van der Waals surface area contributed by atoms with E-state index < -0.39 is 0 Å². The maximum atomic E-state index is 5.25. The van der Waals surface area contributed by atoms with E-state index in [0.717, 1.165) is 0 Å². The van der Waals surface area contributed by atoms with Crippen molar-refractivity contribution in [3.8, 4) is 0 Å². The van der Waals surface area contributed by atoms with Gasteiger partial charge in [0.15, 0.2) is 0 Å². The SMILES string of the molecule is CC(C)(C)C=CCN. The van der Waals surface area contributed by atoms with Gasteiger partial charge in [-0.3, -0.25) is 0 Å². The Morgan fingerprint density at radius 3 is 2.00 bits per heavy atom. The summed E-state index contributed by atoms with van der Waals surface area (Å²) in [7, 11) is 0. The molecule has 1 heteroatoms. The van der Waals surface area contributed by atoms with Crippen LogP contribution in [0.25, 0.3) is 0 Å². The first-order chi connectivity index (χ1) is 3.56. The molecule has 0 aromatic heterocycles. The summed E-state index contributed by atoms with van der Waals surface area (Å²) in [5, 5.41) is 0. The largest absolute Gasteiger partial charge is 0.327 e. The first-order valence-corrected chi connectivity index (χ1v) is 2.94. The molecule has 0 aliphatic heterocycles. The van der Waals surface area contributed by atoms with Crippen LogP contribution in [0.1, 0.15) is 20.8 Å². The Hall–Kier alpha value is -0.300. The molecule has 0 heterocycles. The summed E-state index contributed by atoms with van der Waals surface area (Å²) in [5.41, 5.74) is 5.54. The van der Waals surface area contributed by atoms with Gasteiger partial charge in [0.25, 0.3) is 0 Å². The molecule has 0 aliphatic carbocycles. The Morgan fingerprint density at radius 2 is 1.88 bits per heavy atom. The van der Waals surface area contributed by atoms with Crippen molar-refractivity contribution in [3.63, 3.8) is 0 Å². The van der Waals surface area contributed by atoms with E-state index in [1.165, 1.54) is 0 Å². The Bertz CT molecular complexity index is 76.9. The maximum absolute atomic E-state index is 5.25. The van der Waals surface area contributed by atoms with Crippen molar-refractivity contribution in [1.29, 1.82) is 0 Å². The molecule has 0 aromatic rings. The molecule has 0 bridgehead atoms. The van der Waals surface area contributed by atoms with Gasteiger partial charge in [0, 0.05) is 6.54 Å². The second-order valence-electron chi connectivity index (χ2n) is 3.00. The normalized spacial score (nSPS) is 13.0. The standard InChI is InChI=1S/C7H15N/c1-7(2,3)5-4-6-8/h4-5H,6,8H2,1-3H3. The first kappa shape index (κ1) is 7.70. The zero-order valence-corrected chi connectivity index (χ0v) is 5.94.